The first-order valence-corrected chi connectivity index (χ1v) is 28.0. The van der Waals surface area contributed by atoms with Crippen LogP contribution in [0, 0.1) is 0 Å². The van der Waals surface area contributed by atoms with E-state index in [0.717, 1.165) is 51.4 Å². The normalized spacial score (nSPS) is 12.4. The number of hydrogen-bond donors (Lipinski definition) is 1. The Morgan fingerprint density at radius 1 is 0.365 bits per heavy atom. The van der Waals surface area contributed by atoms with Gasteiger partial charge >= 0.3 is 11.9 Å². The van der Waals surface area contributed by atoms with Crippen molar-refractivity contribution in [1.29, 1.82) is 0 Å². The lowest BCUT2D eigenvalue weighted by molar-refractivity contribution is -0.161. The van der Waals surface area contributed by atoms with Crippen molar-refractivity contribution < 1.29 is 24.2 Å². The molecule has 1 atom stereocenters. The van der Waals surface area contributed by atoms with Crippen molar-refractivity contribution in [1.82, 2.24) is 0 Å². The molecule has 5 heteroatoms. The predicted molar refractivity (Wildman–Crippen MR) is 274 cm³/mol. The van der Waals surface area contributed by atoms with Crippen molar-refractivity contribution in [3.05, 3.63) is 36.5 Å². The highest BCUT2D eigenvalue weighted by Gasteiger charge is 2.16. The predicted octanol–water partition coefficient (Wildman–Crippen LogP) is 18.7. The van der Waals surface area contributed by atoms with Crippen LogP contribution >= 0.6 is 0 Å². The summed E-state index contributed by atoms with van der Waals surface area (Å²) in [6.07, 6.45) is 70.2. The Morgan fingerprint density at radius 3 is 0.952 bits per heavy atom. The lowest BCUT2D eigenvalue weighted by Gasteiger charge is -2.15. The van der Waals surface area contributed by atoms with Gasteiger partial charge in [-0.3, -0.25) is 9.59 Å². The van der Waals surface area contributed by atoms with Gasteiger partial charge in [-0.2, -0.15) is 0 Å². The minimum Gasteiger partial charge on any atom is -0.462 e. The Hall–Kier alpha value is -1.88. The molecule has 0 aliphatic carbocycles. The molecule has 0 saturated heterocycles. The van der Waals surface area contributed by atoms with Crippen molar-refractivity contribution in [2.75, 3.05) is 13.2 Å². The average Bonchev–Trinajstić information content (AvgIpc) is 3.29. The van der Waals surface area contributed by atoms with Gasteiger partial charge in [-0.15, -0.1) is 0 Å². The highest BCUT2D eigenvalue weighted by atomic mass is 16.6. The van der Waals surface area contributed by atoms with Crippen LogP contribution in [0.4, 0.5) is 0 Å². The third-order valence-electron chi connectivity index (χ3n) is 12.7. The number of esters is 2. The molecule has 0 fully saturated rings. The van der Waals surface area contributed by atoms with Gasteiger partial charge in [-0.05, 0) is 51.4 Å². The number of ether oxygens (including phenoxy) is 2. The van der Waals surface area contributed by atoms with E-state index in [0.29, 0.717) is 12.8 Å². The molecule has 370 valence electrons. The second kappa shape index (κ2) is 54.5. The molecule has 1 N–H and O–H groups in total. The third-order valence-corrected chi connectivity index (χ3v) is 12.7. The van der Waals surface area contributed by atoms with E-state index < -0.39 is 6.10 Å². The van der Waals surface area contributed by atoms with Gasteiger partial charge in [0.2, 0.25) is 0 Å². The molecule has 0 aliphatic rings. The van der Waals surface area contributed by atoms with E-state index in [2.05, 4.69) is 50.3 Å². The molecule has 1 unspecified atom stereocenters. The minimum atomic E-state index is -0.764. The van der Waals surface area contributed by atoms with Crippen molar-refractivity contribution in [3.8, 4) is 0 Å². The number of hydrogen-bond acceptors (Lipinski definition) is 5. The first-order valence-electron chi connectivity index (χ1n) is 28.0. The topological polar surface area (TPSA) is 72.8 Å². The Balaban J connectivity index is 3.33. The first kappa shape index (κ1) is 61.1. The number of aliphatic hydroxyl groups excluding tert-OH is 1. The van der Waals surface area contributed by atoms with Crippen LogP contribution in [0.15, 0.2) is 36.5 Å². The maximum Gasteiger partial charge on any atom is 0.306 e. The van der Waals surface area contributed by atoms with Crippen molar-refractivity contribution in [2.24, 2.45) is 0 Å². The standard InChI is InChI=1S/C58H108O5/c1-3-5-7-9-11-13-14-15-16-17-18-19-20-21-22-23-24-25-26-27-28-29-30-31-32-33-34-35-36-37-38-39-40-41-42-43-44-45-47-49-51-53-58(61)63-56(54-59)55-62-57(60)52-50-48-46-12-10-8-6-4-2/h14-15,17-18,20-21,56,59H,3-13,16,19,22-55H2,1-2H3/b15-14-,18-17-,21-20-. The number of allylic oxidation sites excluding steroid dienone is 6. The maximum absolute atomic E-state index is 12.2. The summed E-state index contributed by atoms with van der Waals surface area (Å²) in [5.74, 6) is -0.581. The van der Waals surface area contributed by atoms with Crippen LogP contribution in [0.5, 0.6) is 0 Å². The smallest absolute Gasteiger partial charge is 0.306 e. The Bertz CT molecular complexity index is 1000. The van der Waals surface area contributed by atoms with E-state index >= 15 is 0 Å². The number of unbranched alkanes of at least 4 members (excludes halogenated alkanes) is 38. The minimum absolute atomic E-state index is 0.0600. The van der Waals surface area contributed by atoms with Gasteiger partial charge in [0, 0.05) is 12.8 Å². The van der Waals surface area contributed by atoms with Crippen molar-refractivity contribution in [2.45, 2.75) is 309 Å². The molecule has 0 heterocycles. The zero-order valence-corrected chi connectivity index (χ0v) is 42.4. The number of aliphatic hydroxyl groups is 1. The molecular weight excluding hydrogens is 777 g/mol. The summed E-state index contributed by atoms with van der Waals surface area (Å²) in [6.45, 7) is 4.12. The molecule has 0 saturated carbocycles. The lowest BCUT2D eigenvalue weighted by atomic mass is 10.0. The van der Waals surface area contributed by atoms with Crippen molar-refractivity contribution >= 4 is 11.9 Å². The largest absolute Gasteiger partial charge is 0.462 e. The molecule has 63 heavy (non-hydrogen) atoms. The van der Waals surface area contributed by atoms with Gasteiger partial charge in [-0.1, -0.05) is 275 Å². The molecule has 0 radical (unpaired) electrons. The van der Waals surface area contributed by atoms with Crippen molar-refractivity contribution in [3.63, 3.8) is 0 Å². The monoisotopic (exact) mass is 885 g/mol. The molecular formula is C58H108O5. The first-order chi connectivity index (χ1) is 31.1. The van der Waals surface area contributed by atoms with Crippen LogP contribution in [0.2, 0.25) is 0 Å². The molecule has 0 aromatic rings. The molecule has 0 rings (SSSR count). The van der Waals surface area contributed by atoms with E-state index in [1.807, 2.05) is 0 Å². The number of rotatable bonds is 52. The Labute approximate surface area is 393 Å². The summed E-state index contributed by atoms with van der Waals surface area (Å²) in [5, 5.41) is 9.56. The second-order valence-corrected chi connectivity index (χ2v) is 19.0. The Kier molecular flexibility index (Phi) is 52.8. The third kappa shape index (κ3) is 52.6. The van der Waals surface area contributed by atoms with Crippen LogP contribution in [0.1, 0.15) is 303 Å². The van der Waals surface area contributed by atoms with E-state index in [4.69, 9.17) is 9.47 Å². The van der Waals surface area contributed by atoms with Crippen LogP contribution in [0.3, 0.4) is 0 Å². The van der Waals surface area contributed by atoms with E-state index in [1.165, 1.54) is 225 Å². The maximum atomic E-state index is 12.2. The van der Waals surface area contributed by atoms with Gasteiger partial charge < -0.3 is 14.6 Å². The van der Waals surface area contributed by atoms with Crippen LogP contribution < -0.4 is 0 Å². The van der Waals surface area contributed by atoms with Crippen LogP contribution in [-0.2, 0) is 19.1 Å². The van der Waals surface area contributed by atoms with Gasteiger partial charge in [0.1, 0.15) is 6.61 Å². The molecule has 5 nitrogen and oxygen atoms in total. The van der Waals surface area contributed by atoms with Gasteiger partial charge in [0.15, 0.2) is 6.10 Å². The summed E-state index contributed by atoms with van der Waals surface area (Å²) in [7, 11) is 0. The molecule has 0 bridgehead atoms. The lowest BCUT2D eigenvalue weighted by Crippen LogP contribution is -2.28. The molecule has 0 amide bonds. The van der Waals surface area contributed by atoms with E-state index in [9.17, 15) is 14.7 Å². The fourth-order valence-corrected chi connectivity index (χ4v) is 8.45. The summed E-state index contributed by atoms with van der Waals surface area (Å²) in [6, 6.07) is 0. The summed E-state index contributed by atoms with van der Waals surface area (Å²) in [5.41, 5.74) is 0. The van der Waals surface area contributed by atoms with Gasteiger partial charge in [-0.25, -0.2) is 0 Å². The Morgan fingerprint density at radius 2 is 0.635 bits per heavy atom. The highest BCUT2D eigenvalue weighted by Crippen LogP contribution is 2.17. The quantitative estimate of drug-likeness (QED) is 0.0374. The van der Waals surface area contributed by atoms with Gasteiger partial charge in [0.05, 0.1) is 6.61 Å². The van der Waals surface area contributed by atoms with Crippen LogP contribution in [0.25, 0.3) is 0 Å². The molecule has 0 aliphatic heterocycles. The molecule has 0 spiro atoms. The fraction of sp³-hybridized carbons (Fsp3) is 0.862. The zero-order chi connectivity index (χ0) is 45.6. The zero-order valence-electron chi connectivity index (χ0n) is 42.4. The highest BCUT2D eigenvalue weighted by molar-refractivity contribution is 5.70. The number of carbonyl (C=O) groups is 2. The average molecular weight is 885 g/mol. The SMILES string of the molecule is CCCCCCC/C=C\C/C=C\C/C=C\CCCCCCCCCCCCCCCCCCCCCCCCCCCCC(=O)OC(CO)COC(=O)CCCCCCCCCC. The molecule has 0 aromatic heterocycles. The molecule has 0 aromatic carbocycles. The fourth-order valence-electron chi connectivity index (χ4n) is 8.45. The summed E-state index contributed by atoms with van der Waals surface area (Å²) < 4.78 is 10.6. The second-order valence-electron chi connectivity index (χ2n) is 19.0. The van der Waals surface area contributed by atoms with E-state index in [1.54, 1.807) is 0 Å². The summed E-state index contributed by atoms with van der Waals surface area (Å²) in [4.78, 5) is 24.2. The van der Waals surface area contributed by atoms with E-state index in [-0.39, 0.29) is 25.2 Å². The van der Waals surface area contributed by atoms with Gasteiger partial charge in [0.25, 0.3) is 0 Å². The summed E-state index contributed by atoms with van der Waals surface area (Å²) >= 11 is 0. The number of carbonyl (C=O) groups excluding carboxylic acids is 2. The van der Waals surface area contributed by atoms with Crippen LogP contribution in [-0.4, -0.2) is 36.4 Å².